The Bertz CT molecular complexity index is 998. The summed E-state index contributed by atoms with van der Waals surface area (Å²) in [6, 6.07) is 20.2. The van der Waals surface area contributed by atoms with E-state index < -0.39 is 20.7 Å². The quantitative estimate of drug-likeness (QED) is 0.292. The first-order valence-electron chi connectivity index (χ1n) is 12.4. The van der Waals surface area contributed by atoms with Crippen molar-refractivity contribution in [3.8, 4) is 11.8 Å². The zero-order valence-electron chi connectivity index (χ0n) is 23.3. The third-order valence-electron chi connectivity index (χ3n) is 4.94. The summed E-state index contributed by atoms with van der Waals surface area (Å²) in [6.07, 6.45) is -0.743. The van der Waals surface area contributed by atoms with E-state index in [1.807, 2.05) is 69.3 Å². The number of benzene rings is 2. The zero-order chi connectivity index (χ0) is 27.0. The molecule has 2 aromatic carbocycles. The SMILES string of the molecule is CC(C)(C)OC(=O)N(C[Se]c1ccccc1)CC(C#Cc1ccccc1)O[Si](C(C)(C)C)C(C)(C)C. The van der Waals surface area contributed by atoms with Crippen LogP contribution < -0.4 is 4.46 Å². The number of rotatable bonds is 7. The minimum atomic E-state index is -1.33. The van der Waals surface area contributed by atoms with Crippen LogP contribution in [-0.2, 0) is 9.16 Å². The molecule has 4 nitrogen and oxygen atoms in total. The Balaban J connectivity index is 2.38. The van der Waals surface area contributed by atoms with Crippen LogP contribution in [0.3, 0.4) is 0 Å². The summed E-state index contributed by atoms with van der Waals surface area (Å²) in [4.78, 5) is 15.1. The van der Waals surface area contributed by atoms with Gasteiger partial charge in [-0.05, 0) is 0 Å². The molecule has 1 amide bonds. The summed E-state index contributed by atoms with van der Waals surface area (Å²) < 4.78 is 13.9. The summed E-state index contributed by atoms with van der Waals surface area (Å²) in [6.45, 7) is 19.5. The number of hydrogen-bond acceptors (Lipinski definition) is 3. The van der Waals surface area contributed by atoms with E-state index in [0.717, 1.165) is 5.56 Å². The average molecular weight is 572 g/mol. The molecule has 1 radical (unpaired) electrons. The summed E-state index contributed by atoms with van der Waals surface area (Å²) in [5.74, 6) is 6.65. The molecular formula is C30H42NO3SeSi. The molecule has 36 heavy (non-hydrogen) atoms. The minimum absolute atomic E-state index is 0.000316. The molecule has 0 aromatic heterocycles. The van der Waals surface area contributed by atoms with Crippen LogP contribution in [0.2, 0.25) is 10.1 Å². The number of carbonyl (C=O) groups is 1. The number of amides is 1. The first-order chi connectivity index (χ1) is 16.6. The van der Waals surface area contributed by atoms with E-state index >= 15 is 0 Å². The number of carbonyl (C=O) groups excluding carboxylic acids is 1. The van der Waals surface area contributed by atoms with Crippen molar-refractivity contribution in [3.05, 3.63) is 66.2 Å². The maximum absolute atomic E-state index is 13.3. The van der Waals surface area contributed by atoms with E-state index in [-0.39, 0.29) is 31.1 Å². The van der Waals surface area contributed by atoms with Crippen LogP contribution in [0.25, 0.3) is 0 Å². The normalized spacial score (nSPS) is 13.1. The van der Waals surface area contributed by atoms with Gasteiger partial charge in [0, 0.05) is 0 Å². The molecule has 0 spiro atoms. The molecule has 0 saturated carbocycles. The Hall–Kier alpha value is -2.03. The van der Waals surface area contributed by atoms with Crippen molar-refractivity contribution >= 4 is 34.6 Å². The molecule has 0 bridgehead atoms. The van der Waals surface area contributed by atoms with Crippen molar-refractivity contribution in [2.75, 3.05) is 12.0 Å². The van der Waals surface area contributed by atoms with Gasteiger partial charge in [0.05, 0.1) is 0 Å². The van der Waals surface area contributed by atoms with Gasteiger partial charge in [-0.3, -0.25) is 0 Å². The Labute approximate surface area is 227 Å². The van der Waals surface area contributed by atoms with Crippen molar-refractivity contribution < 1.29 is 14.0 Å². The van der Waals surface area contributed by atoms with Gasteiger partial charge < -0.3 is 0 Å². The predicted molar refractivity (Wildman–Crippen MR) is 153 cm³/mol. The second-order valence-electron chi connectivity index (χ2n) is 11.9. The van der Waals surface area contributed by atoms with Gasteiger partial charge in [-0.15, -0.1) is 0 Å². The molecule has 2 aromatic rings. The molecule has 0 aliphatic heterocycles. The van der Waals surface area contributed by atoms with Crippen LogP contribution in [0.15, 0.2) is 60.7 Å². The second-order valence-corrected chi connectivity index (χ2v) is 17.9. The monoisotopic (exact) mass is 572 g/mol. The van der Waals surface area contributed by atoms with Gasteiger partial charge in [-0.2, -0.15) is 0 Å². The molecular weight excluding hydrogens is 529 g/mol. The van der Waals surface area contributed by atoms with Gasteiger partial charge in [-0.1, -0.05) is 0 Å². The van der Waals surface area contributed by atoms with E-state index in [0.29, 0.717) is 12.0 Å². The van der Waals surface area contributed by atoms with Gasteiger partial charge in [0.1, 0.15) is 0 Å². The first kappa shape index (κ1) is 30.2. The molecule has 195 valence electrons. The molecule has 6 heteroatoms. The average Bonchev–Trinajstić information content (AvgIpc) is 2.76. The van der Waals surface area contributed by atoms with E-state index in [2.05, 4.69) is 65.5 Å². The van der Waals surface area contributed by atoms with Gasteiger partial charge in [0.2, 0.25) is 0 Å². The van der Waals surface area contributed by atoms with E-state index in [4.69, 9.17) is 9.16 Å². The fraction of sp³-hybridized carbons (Fsp3) is 0.500. The van der Waals surface area contributed by atoms with Crippen LogP contribution in [-0.4, -0.2) is 58.7 Å². The van der Waals surface area contributed by atoms with Crippen molar-refractivity contribution in [1.82, 2.24) is 4.90 Å². The van der Waals surface area contributed by atoms with E-state index in [9.17, 15) is 4.79 Å². The molecule has 2 rings (SSSR count). The first-order valence-corrected chi connectivity index (χ1v) is 15.9. The molecule has 1 atom stereocenters. The predicted octanol–water partition coefficient (Wildman–Crippen LogP) is 6.24. The molecule has 0 fully saturated rings. The van der Waals surface area contributed by atoms with Crippen molar-refractivity contribution in [1.29, 1.82) is 0 Å². The van der Waals surface area contributed by atoms with Gasteiger partial charge in [0.25, 0.3) is 0 Å². The number of ether oxygens (including phenoxy) is 1. The Kier molecular flexibility index (Phi) is 10.9. The third kappa shape index (κ3) is 10.9. The fourth-order valence-corrected chi connectivity index (χ4v) is 8.98. The molecule has 1 unspecified atom stereocenters. The zero-order valence-corrected chi connectivity index (χ0v) is 26.1. The van der Waals surface area contributed by atoms with Gasteiger partial charge in [-0.25, -0.2) is 0 Å². The van der Waals surface area contributed by atoms with E-state index in [1.54, 1.807) is 4.90 Å². The van der Waals surface area contributed by atoms with Crippen molar-refractivity contribution in [2.45, 2.75) is 84.1 Å². The third-order valence-corrected chi connectivity index (χ3v) is 10.4. The van der Waals surface area contributed by atoms with Crippen molar-refractivity contribution in [3.63, 3.8) is 0 Å². The Morgan fingerprint density at radius 1 is 0.889 bits per heavy atom. The van der Waals surface area contributed by atoms with Crippen LogP contribution in [0, 0.1) is 11.8 Å². The molecule has 0 N–H and O–H groups in total. The molecule has 0 heterocycles. The second kappa shape index (κ2) is 13.0. The van der Waals surface area contributed by atoms with Gasteiger partial charge >= 0.3 is 228 Å². The summed E-state index contributed by atoms with van der Waals surface area (Å²) in [5, 5.41) is 0.000631. The van der Waals surface area contributed by atoms with Crippen molar-refractivity contribution in [2.24, 2.45) is 0 Å². The topological polar surface area (TPSA) is 38.8 Å². The van der Waals surface area contributed by atoms with Crippen LogP contribution >= 0.6 is 0 Å². The van der Waals surface area contributed by atoms with Crippen LogP contribution in [0.4, 0.5) is 4.79 Å². The Morgan fingerprint density at radius 2 is 1.42 bits per heavy atom. The summed E-state index contributed by atoms with van der Waals surface area (Å²) in [7, 11) is -1.33. The number of nitrogens with zero attached hydrogens (tertiary/aromatic N) is 1. The van der Waals surface area contributed by atoms with Gasteiger partial charge in [0.15, 0.2) is 0 Å². The fourth-order valence-electron chi connectivity index (χ4n) is 3.79. The van der Waals surface area contributed by atoms with Crippen LogP contribution in [0.1, 0.15) is 67.9 Å². The standard InChI is InChI=1S/C30H42NO3SeSi/c1-28(2,3)33-27(32)31(23-35-26-18-14-11-15-19-26)22-25(21-20-24-16-12-10-13-17-24)34-36(29(4,5)6)30(7,8)9/h10-19,25H,22-23H2,1-9H3. The van der Waals surface area contributed by atoms with Crippen LogP contribution in [0.5, 0.6) is 0 Å². The molecule has 0 aliphatic carbocycles. The summed E-state index contributed by atoms with van der Waals surface area (Å²) in [5.41, 5.74) is 0.947. The molecule has 0 aliphatic rings. The summed E-state index contributed by atoms with van der Waals surface area (Å²) >= 11 is 0.0808. The molecule has 0 saturated heterocycles. The number of hydrogen-bond donors (Lipinski definition) is 0. The van der Waals surface area contributed by atoms with E-state index in [1.165, 1.54) is 4.46 Å². The Morgan fingerprint density at radius 3 is 1.92 bits per heavy atom. The maximum atomic E-state index is 13.3.